The zero-order valence-electron chi connectivity index (χ0n) is 4.04. The van der Waals surface area contributed by atoms with Gasteiger partial charge in [-0.05, 0) is 0 Å². The fourth-order valence-electron chi connectivity index (χ4n) is 0.273. The van der Waals surface area contributed by atoms with E-state index in [2.05, 4.69) is 10.2 Å². The van der Waals surface area contributed by atoms with Gasteiger partial charge in [0.2, 0.25) is 0 Å². The average molecular weight is 161 g/mol. The molecule has 0 aliphatic carbocycles. The number of hydrogen-bond donors (Lipinski definition) is 0. The molecule has 0 unspecified atom stereocenters. The van der Waals surface area contributed by atoms with Crippen LogP contribution in [0.15, 0.2) is 4.34 Å². The van der Waals surface area contributed by atoms with Crippen molar-refractivity contribution >= 4 is 23.1 Å². The van der Waals surface area contributed by atoms with Gasteiger partial charge in [0.1, 0.15) is 5.40 Å². The summed E-state index contributed by atoms with van der Waals surface area (Å²) in [7, 11) is 0. The molecule has 9 heavy (non-hydrogen) atoms. The molecule has 0 radical (unpaired) electrons. The van der Waals surface area contributed by atoms with Gasteiger partial charge in [0.05, 0.1) is 0 Å². The fraction of sp³-hybridized carbons (Fsp3) is 0. The van der Waals surface area contributed by atoms with Crippen LogP contribution in [0.3, 0.4) is 0 Å². The smallest absolute Gasteiger partial charge is 0.185 e. The average Bonchev–Trinajstić information content (AvgIpc) is 2.17. The summed E-state index contributed by atoms with van der Waals surface area (Å²) >= 11 is 1.57. The summed E-state index contributed by atoms with van der Waals surface area (Å²) in [6.07, 6.45) is 0. The normalized spacial score (nSPS) is 8.89. The second-order valence-electron chi connectivity index (χ2n) is 1.01. The quantitative estimate of drug-likeness (QED) is 0.459. The van der Waals surface area contributed by atoms with Gasteiger partial charge in [0.15, 0.2) is 4.34 Å². The lowest BCUT2D eigenvalue weighted by Gasteiger charge is -1.71. The van der Waals surface area contributed by atoms with Crippen molar-refractivity contribution < 1.29 is 4.39 Å². The van der Waals surface area contributed by atoms with Gasteiger partial charge < -0.3 is 0 Å². The number of nitriles is 1. The van der Waals surface area contributed by atoms with Gasteiger partial charge in [-0.15, -0.1) is 10.2 Å². The highest BCUT2D eigenvalue weighted by atomic mass is 32.2. The molecule has 6 heteroatoms. The molecule has 1 rings (SSSR count). The number of nitrogens with zero attached hydrogens (tertiary/aromatic N) is 3. The first kappa shape index (κ1) is 6.45. The zero-order chi connectivity index (χ0) is 6.69. The maximum Gasteiger partial charge on any atom is 0.290 e. The summed E-state index contributed by atoms with van der Waals surface area (Å²) in [6.45, 7) is 0. The van der Waals surface area contributed by atoms with Crippen LogP contribution in [0, 0.1) is 15.9 Å². The van der Waals surface area contributed by atoms with Gasteiger partial charge >= 0.3 is 0 Å². The Labute approximate surface area is 58.5 Å². The molecule has 0 aliphatic heterocycles. The van der Waals surface area contributed by atoms with Crippen molar-refractivity contribution in [2.45, 2.75) is 4.34 Å². The van der Waals surface area contributed by atoms with Crippen molar-refractivity contribution in [1.82, 2.24) is 10.2 Å². The molecule has 0 fully saturated rings. The summed E-state index contributed by atoms with van der Waals surface area (Å²) in [5.74, 6) is 0. The third kappa shape index (κ3) is 1.62. The fourth-order valence-corrected chi connectivity index (χ4v) is 1.23. The highest BCUT2D eigenvalue weighted by Crippen LogP contribution is 2.19. The predicted molar refractivity (Wildman–Crippen MR) is 31.3 cm³/mol. The van der Waals surface area contributed by atoms with E-state index in [1.54, 1.807) is 5.40 Å². The van der Waals surface area contributed by atoms with Crippen molar-refractivity contribution in [1.29, 1.82) is 5.26 Å². The first-order valence-corrected chi connectivity index (χ1v) is 3.51. The molecule has 0 aliphatic rings. The minimum atomic E-state index is -0.604. The van der Waals surface area contributed by atoms with Gasteiger partial charge in [0, 0.05) is 11.8 Å². The van der Waals surface area contributed by atoms with E-state index < -0.39 is 5.26 Å². The summed E-state index contributed by atoms with van der Waals surface area (Å²) in [5.41, 5.74) is 0. The van der Waals surface area contributed by atoms with Crippen LogP contribution in [0.4, 0.5) is 4.39 Å². The number of aromatic nitrogens is 2. The van der Waals surface area contributed by atoms with Gasteiger partial charge in [-0.25, -0.2) is 0 Å². The molecule has 0 atom stereocenters. The first-order valence-electron chi connectivity index (χ1n) is 1.88. The minimum Gasteiger partial charge on any atom is -0.185 e. The van der Waals surface area contributed by atoms with Crippen molar-refractivity contribution in [3.05, 3.63) is 5.26 Å². The van der Waals surface area contributed by atoms with Crippen LogP contribution in [0.2, 0.25) is 0 Å². The Bertz CT molecular complexity index is 239. The Balaban J connectivity index is 2.76. The van der Waals surface area contributed by atoms with E-state index in [0.717, 1.165) is 23.1 Å². The summed E-state index contributed by atoms with van der Waals surface area (Å²) in [4.78, 5) is 0. The minimum absolute atomic E-state index is 0.343. The van der Waals surface area contributed by atoms with Crippen LogP contribution in [0.5, 0.6) is 0 Å². The van der Waals surface area contributed by atoms with E-state index in [4.69, 9.17) is 5.26 Å². The van der Waals surface area contributed by atoms with Gasteiger partial charge in [-0.2, -0.15) is 9.65 Å². The summed E-state index contributed by atoms with van der Waals surface area (Å²) in [6, 6.07) is 0. The van der Waals surface area contributed by atoms with E-state index in [0.29, 0.717) is 4.34 Å². The number of rotatable bonds is 1. The van der Waals surface area contributed by atoms with Crippen LogP contribution in [-0.2, 0) is 0 Å². The maximum atomic E-state index is 12.0. The second-order valence-corrected chi connectivity index (χ2v) is 2.97. The van der Waals surface area contributed by atoms with E-state index in [1.807, 2.05) is 0 Å². The Hall–Kier alpha value is -0.670. The van der Waals surface area contributed by atoms with Gasteiger partial charge in [-0.1, -0.05) is 11.3 Å². The predicted octanol–water partition coefficient (Wildman–Crippen LogP) is 1.25. The van der Waals surface area contributed by atoms with Crippen molar-refractivity contribution in [3.8, 4) is 5.40 Å². The molecule has 0 saturated carbocycles. The third-order valence-electron chi connectivity index (χ3n) is 0.515. The number of thioether (sulfide) groups is 1. The molecule has 0 saturated heterocycles. The molecule has 0 bridgehead atoms. The SMILES string of the molecule is N#CSc1nnc(F)s1. The van der Waals surface area contributed by atoms with E-state index >= 15 is 0 Å². The molecule has 0 aromatic carbocycles. The van der Waals surface area contributed by atoms with Crippen LogP contribution >= 0.6 is 23.1 Å². The van der Waals surface area contributed by atoms with Crippen LogP contribution in [0.25, 0.3) is 0 Å². The zero-order valence-corrected chi connectivity index (χ0v) is 5.67. The summed E-state index contributed by atoms with van der Waals surface area (Å²) in [5, 5.41) is 15.6. The maximum absolute atomic E-state index is 12.0. The molecule has 1 aromatic rings. The second kappa shape index (κ2) is 2.75. The van der Waals surface area contributed by atoms with Crippen LogP contribution in [0.1, 0.15) is 0 Å². The Kier molecular flexibility index (Phi) is 1.97. The Morgan fingerprint density at radius 2 is 2.44 bits per heavy atom. The molecule has 3 nitrogen and oxygen atoms in total. The lowest BCUT2D eigenvalue weighted by atomic mass is 11.5. The van der Waals surface area contributed by atoms with Crippen LogP contribution < -0.4 is 0 Å². The molecular formula is C3FN3S2. The summed E-state index contributed by atoms with van der Waals surface area (Å²) < 4.78 is 12.3. The lowest BCUT2D eigenvalue weighted by molar-refractivity contribution is 0.599. The lowest BCUT2D eigenvalue weighted by Crippen LogP contribution is -1.68. The largest absolute Gasteiger partial charge is 0.290 e. The van der Waals surface area contributed by atoms with Crippen molar-refractivity contribution in [2.24, 2.45) is 0 Å². The first-order chi connectivity index (χ1) is 4.33. The standard InChI is InChI=1S/C3FN3S2/c4-2-6-7-3(9-2)8-1-5. The molecule has 1 heterocycles. The monoisotopic (exact) mass is 161 g/mol. The van der Waals surface area contributed by atoms with E-state index in [-0.39, 0.29) is 0 Å². The molecule has 0 spiro atoms. The van der Waals surface area contributed by atoms with E-state index in [1.165, 1.54) is 0 Å². The van der Waals surface area contributed by atoms with E-state index in [9.17, 15) is 4.39 Å². The van der Waals surface area contributed by atoms with Gasteiger partial charge in [-0.3, -0.25) is 0 Å². The van der Waals surface area contributed by atoms with Crippen LogP contribution in [-0.4, -0.2) is 10.2 Å². The number of thiocyanates is 1. The highest BCUT2D eigenvalue weighted by Gasteiger charge is 2.00. The third-order valence-corrected chi connectivity index (χ3v) is 1.87. The molecule has 1 aromatic heterocycles. The Morgan fingerprint density at radius 1 is 1.67 bits per heavy atom. The van der Waals surface area contributed by atoms with Crippen molar-refractivity contribution in [3.63, 3.8) is 0 Å². The molecular weight excluding hydrogens is 161 g/mol. The highest BCUT2D eigenvalue weighted by molar-refractivity contribution is 8.05. The molecule has 0 amide bonds. The topological polar surface area (TPSA) is 49.6 Å². The molecule has 0 N–H and O–H groups in total. The molecule has 46 valence electrons. The Morgan fingerprint density at radius 3 is 2.89 bits per heavy atom. The van der Waals surface area contributed by atoms with Crippen molar-refractivity contribution in [2.75, 3.05) is 0 Å². The number of halogens is 1. The number of hydrogen-bond acceptors (Lipinski definition) is 5. The van der Waals surface area contributed by atoms with Gasteiger partial charge in [0.25, 0.3) is 5.26 Å².